The molecule has 146 valence electrons. The van der Waals surface area contributed by atoms with Crippen LogP contribution in [0.2, 0.25) is 0 Å². The van der Waals surface area contributed by atoms with Crippen LogP contribution in [0.25, 0.3) is 16.5 Å². The first-order valence-corrected chi connectivity index (χ1v) is 9.42. The highest BCUT2D eigenvalue weighted by atomic mass is 16.2. The fourth-order valence-corrected chi connectivity index (χ4v) is 3.19. The molecule has 2 aromatic heterocycles. The van der Waals surface area contributed by atoms with Crippen LogP contribution in [0.3, 0.4) is 0 Å². The molecule has 29 heavy (non-hydrogen) atoms. The van der Waals surface area contributed by atoms with Gasteiger partial charge in [-0.1, -0.05) is 32.0 Å². The molecule has 0 aliphatic carbocycles. The van der Waals surface area contributed by atoms with E-state index >= 15 is 0 Å². The summed E-state index contributed by atoms with van der Waals surface area (Å²) < 4.78 is 3.26. The van der Waals surface area contributed by atoms with Crippen molar-refractivity contribution in [3.05, 3.63) is 83.3 Å². The predicted molar refractivity (Wildman–Crippen MR) is 112 cm³/mol. The second-order valence-corrected chi connectivity index (χ2v) is 7.25. The van der Waals surface area contributed by atoms with Crippen molar-refractivity contribution in [3.63, 3.8) is 0 Å². The Balaban J connectivity index is 1.67. The number of anilines is 1. The Bertz CT molecular complexity index is 1210. The van der Waals surface area contributed by atoms with Crippen molar-refractivity contribution < 1.29 is 4.79 Å². The van der Waals surface area contributed by atoms with Crippen LogP contribution in [-0.2, 0) is 6.54 Å². The fourth-order valence-electron chi connectivity index (χ4n) is 3.19. The van der Waals surface area contributed by atoms with E-state index in [1.54, 1.807) is 36.8 Å². The molecule has 7 heteroatoms. The maximum atomic E-state index is 13.0. The Hall–Kier alpha value is -3.74. The predicted octanol–water partition coefficient (Wildman–Crippen LogP) is 3.49. The second-order valence-electron chi connectivity index (χ2n) is 7.25. The summed E-state index contributed by atoms with van der Waals surface area (Å²) in [6.45, 7) is 4.46. The molecular formula is C22H21N5O2. The normalized spacial score (nSPS) is 11.1. The van der Waals surface area contributed by atoms with Crippen LogP contribution in [0, 0.1) is 5.92 Å². The summed E-state index contributed by atoms with van der Waals surface area (Å²) in [5.41, 5.74) is 1.64. The minimum Gasteiger partial charge on any atom is -0.321 e. The molecule has 1 N–H and O–H groups in total. The molecule has 1 amide bonds. The molecule has 4 aromatic rings. The molecule has 0 radical (unpaired) electrons. The number of amides is 1. The summed E-state index contributed by atoms with van der Waals surface area (Å²) in [6, 6.07) is 14.5. The number of nitrogens with zero attached hydrogens (tertiary/aromatic N) is 4. The average Bonchev–Trinajstić information content (AvgIpc) is 3.25. The lowest BCUT2D eigenvalue weighted by atomic mass is 10.1. The SMILES string of the molecule is CC(C)Cn1nc(C(=O)Nc2ccc(-n3ccnc3)cc2)c2ccccc2c1=O. The fraction of sp³-hybridized carbons (Fsp3) is 0.182. The number of aromatic nitrogens is 4. The summed E-state index contributed by atoms with van der Waals surface area (Å²) in [5, 5.41) is 8.29. The molecule has 0 saturated carbocycles. The Morgan fingerprint density at radius 1 is 1.07 bits per heavy atom. The van der Waals surface area contributed by atoms with Crippen LogP contribution in [-0.4, -0.2) is 25.2 Å². The van der Waals surface area contributed by atoms with E-state index < -0.39 is 0 Å². The highest BCUT2D eigenvalue weighted by Crippen LogP contribution is 2.17. The zero-order valence-electron chi connectivity index (χ0n) is 16.2. The summed E-state index contributed by atoms with van der Waals surface area (Å²) >= 11 is 0. The van der Waals surface area contributed by atoms with E-state index in [1.165, 1.54) is 4.68 Å². The summed E-state index contributed by atoms with van der Waals surface area (Å²) in [4.78, 5) is 29.7. The number of rotatable bonds is 5. The van der Waals surface area contributed by atoms with E-state index in [2.05, 4.69) is 15.4 Å². The van der Waals surface area contributed by atoms with Crippen molar-refractivity contribution in [3.8, 4) is 5.69 Å². The van der Waals surface area contributed by atoms with Gasteiger partial charge in [0.15, 0.2) is 5.69 Å². The van der Waals surface area contributed by atoms with Crippen LogP contribution in [0.5, 0.6) is 0 Å². The third kappa shape index (κ3) is 3.80. The largest absolute Gasteiger partial charge is 0.321 e. The molecule has 0 unspecified atom stereocenters. The lowest BCUT2D eigenvalue weighted by molar-refractivity contribution is 0.102. The van der Waals surface area contributed by atoms with Crippen LogP contribution in [0.4, 0.5) is 5.69 Å². The quantitative estimate of drug-likeness (QED) is 0.568. The Labute approximate surface area is 167 Å². The summed E-state index contributed by atoms with van der Waals surface area (Å²) in [7, 11) is 0. The maximum Gasteiger partial charge on any atom is 0.276 e. The Morgan fingerprint density at radius 2 is 1.79 bits per heavy atom. The van der Waals surface area contributed by atoms with Gasteiger partial charge in [-0.3, -0.25) is 9.59 Å². The highest BCUT2D eigenvalue weighted by molar-refractivity contribution is 6.11. The van der Waals surface area contributed by atoms with Gasteiger partial charge in [0.2, 0.25) is 0 Å². The number of hydrogen-bond acceptors (Lipinski definition) is 4. The standard InChI is InChI=1S/C22H21N5O2/c1-15(2)13-27-22(29)19-6-4-3-5-18(19)20(25-27)21(28)24-16-7-9-17(10-8-16)26-12-11-23-14-26/h3-12,14-15H,13H2,1-2H3,(H,24,28). The third-order valence-corrected chi connectivity index (χ3v) is 4.55. The molecule has 0 spiro atoms. The number of imidazole rings is 1. The first-order valence-electron chi connectivity index (χ1n) is 9.42. The monoisotopic (exact) mass is 387 g/mol. The van der Waals surface area contributed by atoms with Gasteiger partial charge >= 0.3 is 0 Å². The molecule has 0 fully saturated rings. The van der Waals surface area contributed by atoms with Gasteiger partial charge in [-0.2, -0.15) is 5.10 Å². The number of carbonyl (C=O) groups excluding carboxylic acids is 1. The third-order valence-electron chi connectivity index (χ3n) is 4.55. The molecule has 4 rings (SSSR count). The van der Waals surface area contributed by atoms with E-state index in [-0.39, 0.29) is 23.1 Å². The van der Waals surface area contributed by atoms with Crippen LogP contribution in [0.1, 0.15) is 24.3 Å². The van der Waals surface area contributed by atoms with Gasteiger partial charge in [-0.25, -0.2) is 9.67 Å². The molecule has 2 heterocycles. The van der Waals surface area contributed by atoms with Crippen LogP contribution in [0.15, 0.2) is 72.0 Å². The minimum atomic E-state index is -0.353. The van der Waals surface area contributed by atoms with Gasteiger partial charge < -0.3 is 9.88 Å². The molecular weight excluding hydrogens is 366 g/mol. The molecule has 0 bridgehead atoms. The number of benzene rings is 2. The average molecular weight is 387 g/mol. The molecule has 0 aliphatic heterocycles. The van der Waals surface area contributed by atoms with Gasteiger partial charge in [0.25, 0.3) is 11.5 Å². The number of hydrogen-bond donors (Lipinski definition) is 1. The van der Waals surface area contributed by atoms with E-state index in [9.17, 15) is 9.59 Å². The van der Waals surface area contributed by atoms with Crippen molar-refractivity contribution in [1.29, 1.82) is 0 Å². The van der Waals surface area contributed by atoms with E-state index in [1.807, 2.05) is 48.9 Å². The number of fused-ring (bicyclic) bond motifs is 1. The molecule has 0 aliphatic rings. The van der Waals surface area contributed by atoms with Crippen molar-refractivity contribution >= 4 is 22.4 Å². The molecule has 7 nitrogen and oxygen atoms in total. The van der Waals surface area contributed by atoms with E-state index in [0.717, 1.165) is 5.69 Å². The van der Waals surface area contributed by atoms with Crippen molar-refractivity contribution in [2.45, 2.75) is 20.4 Å². The van der Waals surface area contributed by atoms with Crippen LogP contribution >= 0.6 is 0 Å². The maximum absolute atomic E-state index is 13.0. The zero-order chi connectivity index (χ0) is 20.4. The summed E-state index contributed by atoms with van der Waals surface area (Å²) in [6.07, 6.45) is 5.27. The molecule has 0 atom stereocenters. The van der Waals surface area contributed by atoms with Crippen molar-refractivity contribution in [2.75, 3.05) is 5.32 Å². The smallest absolute Gasteiger partial charge is 0.276 e. The van der Waals surface area contributed by atoms with Crippen molar-refractivity contribution in [1.82, 2.24) is 19.3 Å². The van der Waals surface area contributed by atoms with E-state index in [4.69, 9.17) is 0 Å². The summed E-state index contributed by atoms with van der Waals surface area (Å²) in [5.74, 6) is -0.123. The Kier molecular flexibility index (Phi) is 4.95. The number of nitrogens with one attached hydrogen (secondary N) is 1. The topological polar surface area (TPSA) is 81.8 Å². The lowest BCUT2D eigenvalue weighted by Gasteiger charge is -2.13. The second kappa shape index (κ2) is 7.71. The zero-order valence-corrected chi connectivity index (χ0v) is 16.2. The first kappa shape index (κ1) is 18.6. The number of carbonyl (C=O) groups is 1. The highest BCUT2D eigenvalue weighted by Gasteiger charge is 2.17. The van der Waals surface area contributed by atoms with Gasteiger partial charge in [-0.05, 0) is 36.2 Å². The van der Waals surface area contributed by atoms with Gasteiger partial charge in [0, 0.05) is 35.7 Å². The first-order chi connectivity index (χ1) is 14.0. The lowest BCUT2D eigenvalue weighted by Crippen LogP contribution is -2.29. The minimum absolute atomic E-state index is 0.185. The van der Waals surface area contributed by atoms with Gasteiger partial charge in [-0.15, -0.1) is 0 Å². The van der Waals surface area contributed by atoms with E-state index in [0.29, 0.717) is 23.0 Å². The van der Waals surface area contributed by atoms with Crippen LogP contribution < -0.4 is 10.9 Å². The Morgan fingerprint density at radius 3 is 2.45 bits per heavy atom. The molecule has 2 aromatic carbocycles. The van der Waals surface area contributed by atoms with Gasteiger partial charge in [0.05, 0.1) is 11.7 Å². The van der Waals surface area contributed by atoms with Gasteiger partial charge in [0.1, 0.15) is 0 Å². The molecule has 0 saturated heterocycles. The van der Waals surface area contributed by atoms with Crippen molar-refractivity contribution in [2.24, 2.45) is 5.92 Å².